The Morgan fingerprint density at radius 1 is 1.71 bits per heavy atom. The molecule has 0 spiro atoms. The first-order chi connectivity index (χ1) is 8.24. The van der Waals surface area contributed by atoms with Crippen LogP contribution in [0.15, 0.2) is 5.38 Å². The minimum atomic E-state index is -0.0896. The maximum atomic E-state index is 11.9. The van der Waals surface area contributed by atoms with Crippen molar-refractivity contribution in [3.05, 3.63) is 11.1 Å². The molecule has 0 aliphatic heterocycles. The highest BCUT2D eigenvalue weighted by atomic mass is 32.1. The third-order valence-electron chi connectivity index (χ3n) is 3.04. The molecule has 1 fully saturated rings. The van der Waals surface area contributed by atoms with Crippen LogP contribution in [0.4, 0.5) is 5.13 Å². The standard InChI is InChI=1S/C12H19N3OS/c1-2-3-9(6-13)11(16)15-12-14-10(7-17-12)8-4-5-8/h7-9H,2-6,13H2,1H3,(H,14,15,16). The van der Waals surface area contributed by atoms with Crippen molar-refractivity contribution in [2.45, 2.75) is 38.5 Å². The van der Waals surface area contributed by atoms with Crippen molar-refractivity contribution in [3.63, 3.8) is 0 Å². The molecule has 1 saturated carbocycles. The van der Waals surface area contributed by atoms with Gasteiger partial charge in [0, 0.05) is 17.8 Å². The maximum Gasteiger partial charge on any atom is 0.230 e. The van der Waals surface area contributed by atoms with E-state index < -0.39 is 0 Å². The van der Waals surface area contributed by atoms with Gasteiger partial charge in [0.2, 0.25) is 5.91 Å². The fourth-order valence-corrected chi connectivity index (χ4v) is 2.62. The number of aromatic nitrogens is 1. The van der Waals surface area contributed by atoms with Crippen molar-refractivity contribution in [1.29, 1.82) is 0 Å². The molecule has 17 heavy (non-hydrogen) atoms. The summed E-state index contributed by atoms with van der Waals surface area (Å²) in [6.45, 7) is 2.46. The van der Waals surface area contributed by atoms with Crippen molar-refractivity contribution in [2.24, 2.45) is 11.7 Å². The number of amides is 1. The van der Waals surface area contributed by atoms with Crippen LogP contribution >= 0.6 is 11.3 Å². The van der Waals surface area contributed by atoms with Crippen LogP contribution in [-0.2, 0) is 4.79 Å². The van der Waals surface area contributed by atoms with Gasteiger partial charge < -0.3 is 11.1 Å². The van der Waals surface area contributed by atoms with Gasteiger partial charge in [-0.05, 0) is 19.3 Å². The van der Waals surface area contributed by atoms with E-state index >= 15 is 0 Å². The van der Waals surface area contributed by atoms with Crippen LogP contribution in [0, 0.1) is 5.92 Å². The Bertz CT molecular complexity index is 387. The largest absolute Gasteiger partial charge is 0.330 e. The van der Waals surface area contributed by atoms with E-state index in [0.717, 1.165) is 18.5 Å². The number of anilines is 1. The molecule has 1 aliphatic rings. The highest BCUT2D eigenvalue weighted by molar-refractivity contribution is 7.13. The molecule has 0 bridgehead atoms. The first-order valence-electron chi connectivity index (χ1n) is 6.21. The third-order valence-corrected chi connectivity index (χ3v) is 3.82. The molecule has 0 aromatic carbocycles. The molecule has 1 heterocycles. The summed E-state index contributed by atoms with van der Waals surface area (Å²) in [5.41, 5.74) is 6.73. The Morgan fingerprint density at radius 3 is 3.06 bits per heavy atom. The van der Waals surface area contributed by atoms with Crippen LogP contribution in [0.2, 0.25) is 0 Å². The smallest absolute Gasteiger partial charge is 0.230 e. The Morgan fingerprint density at radius 2 is 2.47 bits per heavy atom. The fourth-order valence-electron chi connectivity index (χ4n) is 1.82. The van der Waals surface area contributed by atoms with Gasteiger partial charge in [0.25, 0.3) is 0 Å². The monoisotopic (exact) mass is 253 g/mol. The molecule has 1 atom stereocenters. The van der Waals surface area contributed by atoms with E-state index in [0.29, 0.717) is 17.6 Å². The van der Waals surface area contributed by atoms with Gasteiger partial charge in [-0.3, -0.25) is 4.79 Å². The number of thiazole rings is 1. The van der Waals surface area contributed by atoms with Crippen LogP contribution in [0.25, 0.3) is 0 Å². The second kappa shape index (κ2) is 5.60. The lowest BCUT2D eigenvalue weighted by atomic mass is 10.0. The van der Waals surface area contributed by atoms with Gasteiger partial charge >= 0.3 is 0 Å². The predicted octanol–water partition coefficient (Wildman–Crippen LogP) is 2.33. The summed E-state index contributed by atoms with van der Waals surface area (Å²) in [6, 6.07) is 0. The Balaban J connectivity index is 1.91. The summed E-state index contributed by atoms with van der Waals surface area (Å²) >= 11 is 1.51. The van der Waals surface area contributed by atoms with E-state index in [-0.39, 0.29) is 11.8 Å². The Kier molecular flexibility index (Phi) is 4.12. The minimum absolute atomic E-state index is 0.00560. The molecule has 0 radical (unpaired) electrons. The molecule has 0 saturated heterocycles. The molecule has 1 amide bonds. The number of nitrogens with two attached hydrogens (primary N) is 1. The van der Waals surface area contributed by atoms with E-state index in [1.54, 1.807) is 0 Å². The Hall–Kier alpha value is -0.940. The molecular formula is C12H19N3OS. The highest BCUT2D eigenvalue weighted by Crippen LogP contribution is 2.40. The van der Waals surface area contributed by atoms with Crippen LogP contribution in [-0.4, -0.2) is 17.4 Å². The van der Waals surface area contributed by atoms with Gasteiger partial charge in [-0.15, -0.1) is 11.3 Å². The number of nitrogens with one attached hydrogen (secondary N) is 1. The maximum absolute atomic E-state index is 11.9. The molecule has 1 aliphatic carbocycles. The SMILES string of the molecule is CCCC(CN)C(=O)Nc1nc(C2CC2)cs1. The Labute approximate surface area is 106 Å². The van der Waals surface area contributed by atoms with Crippen molar-refractivity contribution < 1.29 is 4.79 Å². The van der Waals surface area contributed by atoms with Gasteiger partial charge in [-0.2, -0.15) is 0 Å². The van der Waals surface area contributed by atoms with Gasteiger partial charge in [0.05, 0.1) is 11.6 Å². The number of hydrogen-bond acceptors (Lipinski definition) is 4. The van der Waals surface area contributed by atoms with Gasteiger partial charge in [-0.25, -0.2) is 4.98 Å². The summed E-state index contributed by atoms with van der Waals surface area (Å²) in [5.74, 6) is 0.553. The lowest BCUT2D eigenvalue weighted by Gasteiger charge is -2.11. The van der Waals surface area contributed by atoms with E-state index in [1.165, 1.54) is 24.2 Å². The van der Waals surface area contributed by atoms with Crippen LogP contribution in [0.5, 0.6) is 0 Å². The third kappa shape index (κ3) is 3.26. The summed E-state index contributed by atoms with van der Waals surface area (Å²) in [6.07, 6.45) is 4.28. The van der Waals surface area contributed by atoms with Crippen LogP contribution in [0.1, 0.15) is 44.2 Å². The second-order valence-electron chi connectivity index (χ2n) is 4.56. The van der Waals surface area contributed by atoms with Crippen molar-refractivity contribution in [3.8, 4) is 0 Å². The molecule has 1 aromatic heterocycles. The first kappa shape index (κ1) is 12.5. The van der Waals surface area contributed by atoms with Gasteiger partial charge in [0.15, 0.2) is 5.13 Å². The van der Waals surface area contributed by atoms with E-state index in [9.17, 15) is 4.79 Å². The quantitative estimate of drug-likeness (QED) is 0.817. The molecule has 94 valence electrons. The summed E-state index contributed by atoms with van der Waals surface area (Å²) < 4.78 is 0. The van der Waals surface area contributed by atoms with E-state index in [4.69, 9.17) is 5.73 Å². The van der Waals surface area contributed by atoms with Crippen molar-refractivity contribution in [1.82, 2.24) is 4.98 Å². The predicted molar refractivity (Wildman–Crippen MR) is 70.2 cm³/mol. The molecule has 1 unspecified atom stereocenters. The van der Waals surface area contributed by atoms with Crippen molar-refractivity contribution >= 4 is 22.4 Å². The van der Waals surface area contributed by atoms with E-state index in [1.807, 2.05) is 5.38 Å². The average Bonchev–Trinajstić information content (AvgIpc) is 3.07. The van der Waals surface area contributed by atoms with Gasteiger partial charge in [-0.1, -0.05) is 13.3 Å². The molecule has 2 rings (SSSR count). The zero-order valence-electron chi connectivity index (χ0n) is 10.1. The number of carbonyl (C=O) groups excluding carboxylic acids is 1. The van der Waals surface area contributed by atoms with Crippen LogP contribution < -0.4 is 11.1 Å². The lowest BCUT2D eigenvalue weighted by Crippen LogP contribution is -2.29. The van der Waals surface area contributed by atoms with Crippen LogP contribution in [0.3, 0.4) is 0 Å². The highest BCUT2D eigenvalue weighted by Gasteiger charge is 2.26. The summed E-state index contributed by atoms with van der Waals surface area (Å²) in [7, 11) is 0. The zero-order valence-corrected chi connectivity index (χ0v) is 10.9. The minimum Gasteiger partial charge on any atom is -0.330 e. The molecule has 4 nitrogen and oxygen atoms in total. The lowest BCUT2D eigenvalue weighted by molar-refractivity contribution is -0.119. The zero-order chi connectivity index (χ0) is 12.3. The molecule has 1 aromatic rings. The topological polar surface area (TPSA) is 68.0 Å². The number of carbonyl (C=O) groups is 1. The van der Waals surface area contributed by atoms with Crippen molar-refractivity contribution in [2.75, 3.05) is 11.9 Å². The number of hydrogen-bond donors (Lipinski definition) is 2. The van der Waals surface area contributed by atoms with Gasteiger partial charge in [0.1, 0.15) is 0 Å². The average molecular weight is 253 g/mol. The summed E-state index contributed by atoms with van der Waals surface area (Å²) in [5, 5.41) is 5.63. The number of nitrogens with zero attached hydrogens (tertiary/aromatic N) is 1. The molecule has 3 N–H and O–H groups in total. The normalized spacial score (nSPS) is 16.8. The van der Waals surface area contributed by atoms with E-state index in [2.05, 4.69) is 17.2 Å². The fraction of sp³-hybridized carbons (Fsp3) is 0.667. The molecular weight excluding hydrogens is 234 g/mol. The second-order valence-corrected chi connectivity index (χ2v) is 5.42. The molecule has 5 heteroatoms. The first-order valence-corrected chi connectivity index (χ1v) is 7.09. The summed E-state index contributed by atoms with van der Waals surface area (Å²) in [4.78, 5) is 16.3. The number of rotatable bonds is 6.